The number of aliphatic imine (C=N–C) groups is 1. The molecule has 0 spiro atoms. The van der Waals surface area contributed by atoms with Crippen LogP contribution >= 0.6 is 0 Å². The van der Waals surface area contributed by atoms with Gasteiger partial charge in [0.1, 0.15) is 12.4 Å². The van der Waals surface area contributed by atoms with Crippen molar-refractivity contribution in [2.75, 3.05) is 6.61 Å². The van der Waals surface area contributed by atoms with Crippen molar-refractivity contribution in [1.29, 1.82) is 0 Å². The molecule has 1 aliphatic rings. The predicted octanol–water partition coefficient (Wildman–Crippen LogP) is 3.97. The summed E-state index contributed by atoms with van der Waals surface area (Å²) in [5.74, 6) is 0.0774. The van der Waals surface area contributed by atoms with Gasteiger partial charge in [0, 0.05) is 12.4 Å². The Bertz CT molecular complexity index is 1140. The Balaban J connectivity index is 1.81. The average Bonchev–Trinajstić information content (AvgIpc) is 3.25. The van der Waals surface area contributed by atoms with E-state index in [0.717, 1.165) is 16.7 Å². The Morgan fingerprint density at radius 2 is 1.94 bits per heavy atom. The summed E-state index contributed by atoms with van der Waals surface area (Å²) in [6.07, 6.45) is 3.45. The lowest BCUT2D eigenvalue weighted by molar-refractivity contribution is -0.132. The number of nitrogens with one attached hydrogen (secondary N) is 1. The van der Waals surface area contributed by atoms with Gasteiger partial charge in [-0.2, -0.15) is 14.3 Å². The Morgan fingerprint density at radius 3 is 2.66 bits per heavy atom. The quantitative estimate of drug-likeness (QED) is 0.443. The van der Waals surface area contributed by atoms with Crippen molar-refractivity contribution in [1.82, 2.24) is 10.5 Å². The number of aryl methyl sites for hydroxylation is 1. The number of carbonyl (C=O) groups is 1. The number of halogens is 2. The van der Waals surface area contributed by atoms with E-state index in [1.54, 1.807) is 31.5 Å². The molecule has 1 aliphatic heterocycles. The number of hydrogen-bond donors (Lipinski definition) is 1. The highest BCUT2D eigenvalue weighted by Crippen LogP contribution is 2.40. The molecule has 1 aromatic heterocycles. The maximum Gasteiger partial charge on any atom is 0.387 e. The van der Waals surface area contributed by atoms with Crippen LogP contribution in [0.5, 0.6) is 5.75 Å². The fourth-order valence-electron chi connectivity index (χ4n) is 3.62. The monoisotopic (exact) mass is 439 g/mol. The van der Waals surface area contributed by atoms with Gasteiger partial charge >= 0.3 is 19.1 Å². The molecule has 1 unspecified atom stereocenters. The molecule has 32 heavy (non-hydrogen) atoms. The number of nitrogens with zero attached hydrogens (tertiary/aromatic N) is 2. The summed E-state index contributed by atoms with van der Waals surface area (Å²) < 4.78 is 35.6. The van der Waals surface area contributed by atoms with Gasteiger partial charge in [0.2, 0.25) is 0 Å². The first kappa shape index (κ1) is 21.2. The Morgan fingerprint density at radius 1 is 1.12 bits per heavy atom. The van der Waals surface area contributed by atoms with Gasteiger partial charge < -0.3 is 14.3 Å². The minimum absolute atomic E-state index is 0.0226. The summed E-state index contributed by atoms with van der Waals surface area (Å²) >= 11 is 0. The number of hydroxylamine groups is 1. The van der Waals surface area contributed by atoms with Gasteiger partial charge in [-0.25, -0.2) is 4.99 Å². The third-order valence-corrected chi connectivity index (χ3v) is 5.11. The van der Waals surface area contributed by atoms with E-state index in [4.69, 9.17) is 4.74 Å². The number of carbonyl (C=O) groups excluding carboxylic acids is 1. The fraction of sp³-hybridized carbons (Fsp3) is 0.174. The summed E-state index contributed by atoms with van der Waals surface area (Å²) in [7, 11) is 0. The van der Waals surface area contributed by atoms with Crippen molar-refractivity contribution in [3.63, 3.8) is 0 Å². The maximum absolute atomic E-state index is 12.7. The maximum atomic E-state index is 12.7. The van der Waals surface area contributed by atoms with Crippen molar-refractivity contribution < 1.29 is 27.9 Å². The Labute approximate surface area is 182 Å². The molecule has 0 saturated heterocycles. The molecule has 0 aliphatic carbocycles. The fourth-order valence-corrected chi connectivity index (χ4v) is 3.62. The zero-order chi connectivity index (χ0) is 22.6. The predicted molar refractivity (Wildman–Crippen MR) is 112 cm³/mol. The van der Waals surface area contributed by atoms with E-state index >= 15 is 0 Å². The largest absolute Gasteiger partial charge is 0.460 e. The lowest BCUT2D eigenvalue weighted by Gasteiger charge is -2.26. The molecule has 1 atom stereocenters. The van der Waals surface area contributed by atoms with E-state index in [1.807, 2.05) is 36.4 Å². The smallest absolute Gasteiger partial charge is 0.387 e. The van der Waals surface area contributed by atoms with Crippen LogP contribution in [0.15, 0.2) is 72.0 Å². The van der Waals surface area contributed by atoms with Gasteiger partial charge in [-0.3, -0.25) is 9.78 Å². The number of hydrogen-bond acceptors (Lipinski definition) is 7. The van der Waals surface area contributed by atoms with Crippen LogP contribution in [0, 0.1) is 6.92 Å². The SMILES string of the molecule is Cc1cc(C2(c3cccc(-c4cccnc4)c3)COC(NOC=O)=N2)ccc1OC(F)F. The highest BCUT2D eigenvalue weighted by Gasteiger charge is 2.41. The van der Waals surface area contributed by atoms with Crippen LogP contribution in [-0.2, 0) is 19.9 Å². The first-order valence-electron chi connectivity index (χ1n) is 9.67. The molecule has 0 bridgehead atoms. The molecule has 4 rings (SSSR count). The van der Waals surface area contributed by atoms with Crippen LogP contribution in [0.2, 0.25) is 0 Å². The lowest BCUT2D eigenvalue weighted by atomic mass is 9.82. The Hall–Kier alpha value is -4.01. The average molecular weight is 439 g/mol. The van der Waals surface area contributed by atoms with Crippen molar-refractivity contribution in [3.05, 3.63) is 83.7 Å². The standard InChI is InChI=1S/C23H19F2N3O4/c1-15-10-19(7-8-20(15)32-21(24)25)23(13-30-22(27-23)28-31-14-29)18-6-2-4-16(11-18)17-5-3-9-26-12-17/h2-12,14,21H,13H2,1H3,(H,27,28). The number of rotatable bonds is 7. The van der Waals surface area contributed by atoms with Crippen LogP contribution in [0.25, 0.3) is 11.1 Å². The highest BCUT2D eigenvalue weighted by atomic mass is 19.3. The molecule has 0 saturated carbocycles. The molecule has 7 nitrogen and oxygen atoms in total. The number of benzene rings is 2. The van der Waals surface area contributed by atoms with E-state index < -0.39 is 12.2 Å². The van der Waals surface area contributed by atoms with Gasteiger partial charge in [-0.05, 0) is 59.0 Å². The van der Waals surface area contributed by atoms with E-state index in [1.165, 1.54) is 6.07 Å². The number of ether oxygens (including phenoxy) is 2. The molecule has 2 heterocycles. The summed E-state index contributed by atoms with van der Waals surface area (Å²) in [6, 6.07) is 16.4. The normalized spacial score (nSPS) is 17.4. The van der Waals surface area contributed by atoms with Crippen molar-refractivity contribution in [2.45, 2.75) is 19.1 Å². The van der Waals surface area contributed by atoms with Crippen molar-refractivity contribution in [2.24, 2.45) is 4.99 Å². The molecule has 9 heteroatoms. The van der Waals surface area contributed by atoms with E-state index in [-0.39, 0.29) is 24.9 Å². The molecule has 164 valence electrons. The third-order valence-electron chi connectivity index (χ3n) is 5.11. The first-order valence-corrected chi connectivity index (χ1v) is 9.67. The van der Waals surface area contributed by atoms with E-state index in [0.29, 0.717) is 11.1 Å². The van der Waals surface area contributed by atoms with E-state index in [9.17, 15) is 13.6 Å². The Kier molecular flexibility index (Phi) is 5.98. The molecule has 0 fully saturated rings. The zero-order valence-corrected chi connectivity index (χ0v) is 17.0. The van der Waals surface area contributed by atoms with Gasteiger partial charge in [-0.15, -0.1) is 0 Å². The molecule has 0 radical (unpaired) electrons. The second-order valence-corrected chi connectivity index (χ2v) is 7.06. The van der Waals surface area contributed by atoms with Crippen LogP contribution in [0.3, 0.4) is 0 Å². The topological polar surface area (TPSA) is 82.0 Å². The van der Waals surface area contributed by atoms with Gasteiger partial charge in [0.15, 0.2) is 5.54 Å². The summed E-state index contributed by atoms with van der Waals surface area (Å²) in [4.78, 5) is 23.9. The minimum Gasteiger partial charge on any atom is -0.460 e. The van der Waals surface area contributed by atoms with Gasteiger partial charge in [0.05, 0.1) is 0 Å². The summed E-state index contributed by atoms with van der Waals surface area (Å²) in [6.45, 7) is -0.929. The minimum atomic E-state index is -2.92. The van der Waals surface area contributed by atoms with Crippen LogP contribution in [0.4, 0.5) is 8.78 Å². The highest BCUT2D eigenvalue weighted by molar-refractivity contribution is 5.77. The summed E-state index contributed by atoms with van der Waals surface area (Å²) in [5, 5.41) is 0. The number of alkyl halides is 2. The van der Waals surface area contributed by atoms with Gasteiger partial charge in [0.25, 0.3) is 0 Å². The van der Waals surface area contributed by atoms with Crippen LogP contribution in [-0.4, -0.2) is 30.7 Å². The number of pyridine rings is 1. The molecular weight excluding hydrogens is 420 g/mol. The molecule has 3 aromatic rings. The molecular formula is C23H19F2N3O4. The summed E-state index contributed by atoms with van der Waals surface area (Å²) in [5.41, 5.74) is 5.19. The number of amidine groups is 1. The lowest BCUT2D eigenvalue weighted by Crippen LogP contribution is -2.27. The second kappa shape index (κ2) is 9.01. The molecule has 2 aromatic carbocycles. The van der Waals surface area contributed by atoms with Gasteiger partial charge in [-0.1, -0.05) is 30.3 Å². The molecule has 1 N–H and O–H groups in total. The number of aromatic nitrogens is 1. The second-order valence-electron chi connectivity index (χ2n) is 7.06. The van der Waals surface area contributed by atoms with Crippen molar-refractivity contribution >= 4 is 12.5 Å². The third kappa shape index (κ3) is 4.22. The van der Waals surface area contributed by atoms with Crippen LogP contribution in [0.1, 0.15) is 16.7 Å². The first-order chi connectivity index (χ1) is 15.5. The van der Waals surface area contributed by atoms with E-state index in [2.05, 4.69) is 25.0 Å². The van der Waals surface area contributed by atoms with Crippen LogP contribution < -0.4 is 10.2 Å². The molecule has 0 amide bonds. The van der Waals surface area contributed by atoms with Crippen molar-refractivity contribution in [3.8, 4) is 16.9 Å². The zero-order valence-electron chi connectivity index (χ0n) is 17.0.